The van der Waals surface area contributed by atoms with Gasteiger partial charge in [0.25, 0.3) is 0 Å². The van der Waals surface area contributed by atoms with Gasteiger partial charge in [-0.15, -0.1) is 12.6 Å². The smallest absolute Gasteiger partial charge is 0.349 e. The number of hydrogen-bond acceptors (Lipinski definition) is 3. The average molecular weight is 281 g/mol. The normalized spacial score (nSPS) is 11.7. The van der Waals surface area contributed by atoms with Crippen LogP contribution in [0.25, 0.3) is 32.8 Å². The van der Waals surface area contributed by atoms with E-state index in [1.165, 1.54) is 5.56 Å². The fourth-order valence-corrected chi connectivity index (χ4v) is 2.83. The molecule has 98 valence electrons. The Bertz CT molecular complexity index is 1040. The van der Waals surface area contributed by atoms with Crippen molar-refractivity contribution >= 4 is 45.4 Å². The van der Waals surface area contributed by atoms with Crippen LogP contribution < -0.4 is 5.63 Å². The van der Waals surface area contributed by atoms with Crippen molar-refractivity contribution in [3.8, 4) is 0 Å². The number of aryl methyl sites for hydroxylation is 1. The lowest BCUT2D eigenvalue weighted by atomic mass is 10.1. The van der Waals surface area contributed by atoms with Crippen molar-refractivity contribution < 1.29 is 4.42 Å². The Labute approximate surface area is 119 Å². The van der Waals surface area contributed by atoms with Crippen molar-refractivity contribution in [2.75, 3.05) is 0 Å². The van der Waals surface area contributed by atoms with Gasteiger partial charge in [-0.2, -0.15) is 0 Å². The number of nitrogens with one attached hydrogen (secondary N) is 1. The largest absolute Gasteiger partial charge is 0.420 e. The summed E-state index contributed by atoms with van der Waals surface area (Å²) in [4.78, 5) is 15.3. The Morgan fingerprint density at radius 3 is 2.80 bits per heavy atom. The maximum absolute atomic E-state index is 11.7. The summed E-state index contributed by atoms with van der Waals surface area (Å²) >= 11 is 4.11. The second kappa shape index (κ2) is 3.90. The molecule has 0 spiro atoms. The molecule has 0 fully saturated rings. The first-order valence-electron chi connectivity index (χ1n) is 6.31. The standard InChI is InChI=1S/C16H11NO2S/c1-8-2-5-12-11(6-8)10-4-3-9-7-13(20)16(18)19-15(9)14(10)17-12/h2-7,17,20H,1H3. The molecule has 0 aliphatic heterocycles. The molecule has 0 saturated heterocycles. The molecule has 0 saturated carbocycles. The third-order valence-corrected chi connectivity index (χ3v) is 3.92. The van der Waals surface area contributed by atoms with E-state index in [0.717, 1.165) is 27.2 Å². The van der Waals surface area contributed by atoms with E-state index in [-0.39, 0.29) is 0 Å². The fraction of sp³-hybridized carbons (Fsp3) is 0.0625. The van der Waals surface area contributed by atoms with Gasteiger partial charge in [0.2, 0.25) is 0 Å². The Morgan fingerprint density at radius 2 is 1.95 bits per heavy atom. The third-order valence-electron chi connectivity index (χ3n) is 3.61. The van der Waals surface area contributed by atoms with Gasteiger partial charge < -0.3 is 9.40 Å². The van der Waals surface area contributed by atoms with Gasteiger partial charge in [-0.3, -0.25) is 0 Å². The second-order valence-corrected chi connectivity index (χ2v) is 5.48. The summed E-state index contributed by atoms with van der Waals surface area (Å²) in [7, 11) is 0. The number of fused-ring (bicyclic) bond motifs is 5. The fourth-order valence-electron chi connectivity index (χ4n) is 2.65. The van der Waals surface area contributed by atoms with Crippen LogP contribution in [-0.4, -0.2) is 4.98 Å². The maximum atomic E-state index is 11.7. The van der Waals surface area contributed by atoms with Gasteiger partial charge in [0.15, 0.2) is 5.58 Å². The summed E-state index contributed by atoms with van der Waals surface area (Å²) in [6.07, 6.45) is 0. The quantitative estimate of drug-likeness (QED) is 0.377. The predicted octanol–water partition coefficient (Wildman–Crippen LogP) is 4.02. The zero-order chi connectivity index (χ0) is 13.9. The molecule has 0 unspecified atom stereocenters. The highest BCUT2D eigenvalue weighted by atomic mass is 32.1. The van der Waals surface area contributed by atoms with Crippen molar-refractivity contribution in [3.63, 3.8) is 0 Å². The number of hydrogen-bond donors (Lipinski definition) is 2. The summed E-state index contributed by atoms with van der Waals surface area (Å²) in [5.74, 6) is 0. The number of benzene rings is 2. The monoisotopic (exact) mass is 281 g/mol. The van der Waals surface area contributed by atoms with Gasteiger partial charge in [0.05, 0.1) is 10.4 Å². The molecule has 0 radical (unpaired) electrons. The van der Waals surface area contributed by atoms with Gasteiger partial charge in [0.1, 0.15) is 0 Å². The minimum absolute atomic E-state index is 0.323. The molecule has 0 aliphatic rings. The van der Waals surface area contributed by atoms with Crippen molar-refractivity contribution in [1.29, 1.82) is 0 Å². The lowest BCUT2D eigenvalue weighted by Crippen LogP contribution is -1.99. The zero-order valence-electron chi connectivity index (χ0n) is 10.7. The Balaban J connectivity index is 2.27. The molecule has 0 aliphatic carbocycles. The van der Waals surface area contributed by atoms with Crippen LogP contribution in [0.2, 0.25) is 0 Å². The molecule has 4 rings (SSSR count). The van der Waals surface area contributed by atoms with Gasteiger partial charge in [-0.25, -0.2) is 4.79 Å². The summed E-state index contributed by atoms with van der Waals surface area (Å²) in [6, 6.07) is 12.0. The second-order valence-electron chi connectivity index (χ2n) is 5.00. The van der Waals surface area contributed by atoms with Gasteiger partial charge in [-0.05, 0) is 25.1 Å². The third kappa shape index (κ3) is 1.51. The highest BCUT2D eigenvalue weighted by Crippen LogP contribution is 2.31. The lowest BCUT2D eigenvalue weighted by molar-refractivity contribution is 0.546. The molecule has 2 heterocycles. The molecule has 0 bridgehead atoms. The van der Waals surface area contributed by atoms with Crippen LogP contribution in [0.15, 0.2) is 50.5 Å². The predicted molar refractivity (Wildman–Crippen MR) is 83.8 cm³/mol. The summed E-state index contributed by atoms with van der Waals surface area (Å²) in [6.45, 7) is 2.06. The van der Waals surface area contributed by atoms with E-state index in [9.17, 15) is 4.79 Å². The molecule has 2 aromatic carbocycles. The number of aromatic nitrogens is 1. The first-order chi connectivity index (χ1) is 9.63. The average Bonchev–Trinajstić information content (AvgIpc) is 2.78. The summed E-state index contributed by atoms with van der Waals surface area (Å²) < 4.78 is 5.40. The highest BCUT2D eigenvalue weighted by molar-refractivity contribution is 7.80. The highest BCUT2D eigenvalue weighted by Gasteiger charge is 2.11. The maximum Gasteiger partial charge on any atom is 0.349 e. The van der Waals surface area contributed by atoms with Crippen molar-refractivity contribution in [2.45, 2.75) is 11.8 Å². The van der Waals surface area contributed by atoms with E-state index < -0.39 is 5.63 Å². The summed E-state index contributed by atoms with van der Waals surface area (Å²) in [5.41, 5.74) is 3.26. The molecular weight excluding hydrogens is 270 g/mol. The van der Waals surface area contributed by atoms with Crippen LogP contribution in [0.3, 0.4) is 0 Å². The lowest BCUT2D eigenvalue weighted by Gasteiger charge is -1.99. The molecule has 4 aromatic rings. The summed E-state index contributed by atoms with van der Waals surface area (Å²) in [5, 5.41) is 3.07. The first-order valence-corrected chi connectivity index (χ1v) is 6.76. The van der Waals surface area contributed by atoms with Crippen LogP contribution in [-0.2, 0) is 0 Å². The van der Waals surface area contributed by atoms with Crippen molar-refractivity contribution in [3.05, 3.63) is 52.4 Å². The number of aromatic amines is 1. The van der Waals surface area contributed by atoms with Gasteiger partial charge >= 0.3 is 5.63 Å². The van der Waals surface area contributed by atoms with Crippen LogP contribution in [0.1, 0.15) is 5.56 Å². The van der Waals surface area contributed by atoms with E-state index in [1.807, 2.05) is 18.2 Å². The molecule has 0 atom stereocenters. The zero-order valence-corrected chi connectivity index (χ0v) is 11.6. The van der Waals surface area contributed by atoms with Gasteiger partial charge in [-0.1, -0.05) is 23.8 Å². The Morgan fingerprint density at radius 1 is 1.10 bits per heavy atom. The van der Waals surface area contributed by atoms with Crippen LogP contribution in [0.4, 0.5) is 0 Å². The van der Waals surface area contributed by atoms with E-state index in [4.69, 9.17) is 4.42 Å². The number of rotatable bonds is 0. The Hall–Kier alpha value is -2.20. The minimum atomic E-state index is -0.414. The topological polar surface area (TPSA) is 46.0 Å². The molecule has 3 nitrogen and oxygen atoms in total. The minimum Gasteiger partial charge on any atom is -0.420 e. The van der Waals surface area contributed by atoms with Crippen LogP contribution in [0.5, 0.6) is 0 Å². The first kappa shape index (κ1) is 11.6. The van der Waals surface area contributed by atoms with Crippen molar-refractivity contribution in [1.82, 2.24) is 4.98 Å². The van der Waals surface area contributed by atoms with Crippen LogP contribution >= 0.6 is 12.6 Å². The van der Waals surface area contributed by atoms with E-state index in [0.29, 0.717) is 10.5 Å². The molecule has 0 amide bonds. The Kier molecular flexibility index (Phi) is 2.26. The number of thiol groups is 1. The molecular formula is C16H11NO2S. The molecule has 4 heteroatoms. The van der Waals surface area contributed by atoms with E-state index in [1.54, 1.807) is 6.07 Å². The number of H-pyrrole nitrogens is 1. The molecule has 20 heavy (non-hydrogen) atoms. The van der Waals surface area contributed by atoms with E-state index >= 15 is 0 Å². The van der Waals surface area contributed by atoms with Gasteiger partial charge in [0, 0.05) is 21.7 Å². The van der Waals surface area contributed by atoms with E-state index in [2.05, 4.69) is 36.7 Å². The SMILES string of the molecule is Cc1ccc2[nH]c3c(ccc4cc(S)c(=O)oc43)c2c1. The van der Waals surface area contributed by atoms with Crippen molar-refractivity contribution in [2.24, 2.45) is 0 Å². The molecule has 2 aromatic heterocycles. The molecule has 1 N–H and O–H groups in total. The van der Waals surface area contributed by atoms with Crippen LogP contribution in [0, 0.1) is 6.92 Å².